The molecule has 0 amide bonds. The Morgan fingerprint density at radius 3 is 2.71 bits per heavy atom. The number of hydrogen-bond acceptors (Lipinski definition) is 3. The molecule has 0 unspecified atom stereocenters. The fourth-order valence-electron chi connectivity index (χ4n) is 3.39. The molecule has 1 saturated carbocycles. The standard InChI is InChI=1S/C14H19NO2/c1-13(2)11-7-10(16)6-9(8-15)14(11,3)5-4-12(13)17/h7,9,12,17H,4-6H2,1-3H3/t9-,12+,14-/m1/s1. The third kappa shape index (κ3) is 1.63. The maximum Gasteiger partial charge on any atom is 0.157 e. The van der Waals surface area contributed by atoms with Crippen LogP contribution in [0.2, 0.25) is 0 Å². The lowest BCUT2D eigenvalue weighted by molar-refractivity contribution is -0.117. The van der Waals surface area contributed by atoms with Crippen LogP contribution in [-0.2, 0) is 4.79 Å². The first-order valence-electron chi connectivity index (χ1n) is 6.15. The molecular weight excluding hydrogens is 214 g/mol. The van der Waals surface area contributed by atoms with Gasteiger partial charge in [0.1, 0.15) is 0 Å². The van der Waals surface area contributed by atoms with E-state index in [-0.39, 0.29) is 17.1 Å². The molecule has 0 spiro atoms. The Labute approximate surface area is 102 Å². The first kappa shape index (κ1) is 12.3. The van der Waals surface area contributed by atoms with Gasteiger partial charge in [0.15, 0.2) is 5.78 Å². The summed E-state index contributed by atoms with van der Waals surface area (Å²) in [7, 11) is 0. The number of nitrogens with zero attached hydrogens (tertiary/aromatic N) is 1. The van der Waals surface area contributed by atoms with E-state index in [1.165, 1.54) is 0 Å². The lowest BCUT2D eigenvalue weighted by atomic mass is 9.52. The summed E-state index contributed by atoms with van der Waals surface area (Å²) in [6.45, 7) is 5.99. The second-order valence-corrected chi connectivity index (χ2v) is 6.10. The van der Waals surface area contributed by atoms with Crippen LogP contribution in [0.5, 0.6) is 0 Å². The topological polar surface area (TPSA) is 61.1 Å². The van der Waals surface area contributed by atoms with Gasteiger partial charge < -0.3 is 5.11 Å². The molecule has 1 fully saturated rings. The summed E-state index contributed by atoms with van der Waals surface area (Å²) in [5.41, 5.74) is 0.315. The van der Waals surface area contributed by atoms with Crippen LogP contribution in [-0.4, -0.2) is 17.0 Å². The monoisotopic (exact) mass is 233 g/mol. The van der Waals surface area contributed by atoms with Crippen LogP contribution in [0.15, 0.2) is 11.6 Å². The Kier molecular flexibility index (Phi) is 2.67. The van der Waals surface area contributed by atoms with Crippen LogP contribution in [0.25, 0.3) is 0 Å². The summed E-state index contributed by atoms with van der Waals surface area (Å²) in [5, 5.41) is 19.4. The van der Waals surface area contributed by atoms with Crippen molar-refractivity contribution in [3.05, 3.63) is 11.6 Å². The minimum absolute atomic E-state index is 0.0196. The van der Waals surface area contributed by atoms with Gasteiger partial charge in [-0.3, -0.25) is 4.79 Å². The van der Waals surface area contributed by atoms with Crippen molar-refractivity contribution < 1.29 is 9.90 Å². The molecule has 0 saturated heterocycles. The summed E-state index contributed by atoms with van der Waals surface area (Å²) in [4.78, 5) is 11.7. The van der Waals surface area contributed by atoms with Crippen LogP contribution < -0.4 is 0 Å². The zero-order chi connectivity index (χ0) is 12.8. The third-order valence-corrected chi connectivity index (χ3v) is 4.72. The molecule has 0 heterocycles. The third-order valence-electron chi connectivity index (χ3n) is 4.72. The summed E-state index contributed by atoms with van der Waals surface area (Å²) >= 11 is 0. The summed E-state index contributed by atoms with van der Waals surface area (Å²) in [6.07, 6.45) is 3.06. The highest BCUT2D eigenvalue weighted by molar-refractivity contribution is 5.92. The maximum atomic E-state index is 11.7. The first-order valence-corrected chi connectivity index (χ1v) is 6.15. The zero-order valence-electron chi connectivity index (χ0n) is 10.7. The number of aliphatic hydroxyl groups excluding tert-OH is 1. The normalized spacial score (nSPS) is 40.2. The van der Waals surface area contributed by atoms with E-state index in [0.29, 0.717) is 12.8 Å². The lowest BCUT2D eigenvalue weighted by Crippen LogP contribution is -2.49. The van der Waals surface area contributed by atoms with Gasteiger partial charge in [0.2, 0.25) is 0 Å². The van der Waals surface area contributed by atoms with Crippen LogP contribution in [0.3, 0.4) is 0 Å². The molecule has 3 atom stereocenters. The largest absolute Gasteiger partial charge is 0.392 e. The Hall–Kier alpha value is -1.14. The van der Waals surface area contributed by atoms with Crippen molar-refractivity contribution in [2.75, 3.05) is 0 Å². The fourth-order valence-corrected chi connectivity index (χ4v) is 3.39. The van der Waals surface area contributed by atoms with Crippen LogP contribution in [0.4, 0.5) is 0 Å². The second-order valence-electron chi connectivity index (χ2n) is 6.10. The van der Waals surface area contributed by atoms with E-state index in [9.17, 15) is 15.2 Å². The van der Waals surface area contributed by atoms with Gasteiger partial charge in [0, 0.05) is 17.3 Å². The second kappa shape index (κ2) is 3.68. The van der Waals surface area contributed by atoms with Crippen molar-refractivity contribution in [2.45, 2.75) is 46.1 Å². The quantitative estimate of drug-likeness (QED) is 0.697. The summed E-state index contributed by atoms with van der Waals surface area (Å²) in [5.74, 6) is -0.229. The number of allylic oxidation sites excluding steroid dienone is 1. The average Bonchev–Trinajstić information content (AvgIpc) is 2.26. The molecule has 0 bridgehead atoms. The zero-order valence-corrected chi connectivity index (χ0v) is 10.7. The van der Waals surface area contributed by atoms with E-state index in [0.717, 1.165) is 12.0 Å². The molecule has 17 heavy (non-hydrogen) atoms. The minimum atomic E-state index is -0.424. The van der Waals surface area contributed by atoms with E-state index in [2.05, 4.69) is 13.0 Å². The van der Waals surface area contributed by atoms with Gasteiger partial charge in [-0.25, -0.2) is 0 Å². The number of aliphatic hydroxyl groups is 1. The number of carbonyl (C=O) groups excluding carboxylic acids is 1. The van der Waals surface area contributed by atoms with Gasteiger partial charge in [0.05, 0.1) is 18.1 Å². The molecular formula is C14H19NO2. The van der Waals surface area contributed by atoms with Gasteiger partial charge in [-0.1, -0.05) is 26.3 Å². The molecule has 2 rings (SSSR count). The molecule has 0 aromatic carbocycles. The molecule has 3 nitrogen and oxygen atoms in total. The number of nitriles is 1. The van der Waals surface area contributed by atoms with Crippen molar-refractivity contribution in [2.24, 2.45) is 16.7 Å². The summed E-state index contributed by atoms with van der Waals surface area (Å²) in [6, 6.07) is 2.28. The van der Waals surface area contributed by atoms with Crippen LogP contribution in [0.1, 0.15) is 40.0 Å². The van der Waals surface area contributed by atoms with E-state index >= 15 is 0 Å². The number of rotatable bonds is 0. The van der Waals surface area contributed by atoms with Crippen molar-refractivity contribution in [1.29, 1.82) is 5.26 Å². The molecule has 0 aliphatic heterocycles. The molecule has 0 aromatic heterocycles. The first-order chi connectivity index (χ1) is 7.82. The Balaban J connectivity index is 2.54. The Morgan fingerprint density at radius 1 is 1.47 bits per heavy atom. The predicted molar refractivity (Wildman–Crippen MR) is 63.9 cm³/mol. The fraction of sp³-hybridized carbons (Fsp3) is 0.714. The smallest absolute Gasteiger partial charge is 0.157 e. The minimum Gasteiger partial charge on any atom is -0.392 e. The van der Waals surface area contributed by atoms with Gasteiger partial charge in [-0.05, 0) is 18.9 Å². The van der Waals surface area contributed by atoms with Crippen molar-refractivity contribution in [3.63, 3.8) is 0 Å². The molecule has 2 aliphatic rings. The highest BCUT2D eigenvalue weighted by Crippen LogP contribution is 2.56. The lowest BCUT2D eigenvalue weighted by Gasteiger charge is -2.52. The molecule has 3 heteroatoms. The van der Waals surface area contributed by atoms with E-state index in [1.807, 2.05) is 13.8 Å². The average molecular weight is 233 g/mol. The van der Waals surface area contributed by atoms with Gasteiger partial charge in [-0.15, -0.1) is 0 Å². The van der Waals surface area contributed by atoms with Gasteiger partial charge in [0.25, 0.3) is 0 Å². The van der Waals surface area contributed by atoms with E-state index in [4.69, 9.17) is 0 Å². The maximum absolute atomic E-state index is 11.7. The SMILES string of the molecule is CC1(C)C2=CC(=O)C[C@H](C#N)[C@@]2(C)CC[C@@H]1O. The van der Waals surface area contributed by atoms with Crippen molar-refractivity contribution >= 4 is 5.78 Å². The molecule has 92 valence electrons. The van der Waals surface area contributed by atoms with Crippen molar-refractivity contribution in [1.82, 2.24) is 0 Å². The van der Waals surface area contributed by atoms with Crippen LogP contribution in [0, 0.1) is 28.1 Å². The number of carbonyl (C=O) groups is 1. The molecule has 0 radical (unpaired) electrons. The predicted octanol–water partition coefficient (Wildman–Crippen LogP) is 2.21. The van der Waals surface area contributed by atoms with Crippen LogP contribution >= 0.6 is 0 Å². The number of hydrogen-bond donors (Lipinski definition) is 1. The molecule has 0 aromatic rings. The van der Waals surface area contributed by atoms with Crippen molar-refractivity contribution in [3.8, 4) is 6.07 Å². The Bertz CT molecular complexity index is 430. The van der Waals surface area contributed by atoms with Gasteiger partial charge >= 0.3 is 0 Å². The summed E-state index contributed by atoms with van der Waals surface area (Å²) < 4.78 is 0. The molecule has 1 N–H and O–H groups in total. The number of fused-ring (bicyclic) bond motifs is 1. The van der Waals surface area contributed by atoms with E-state index < -0.39 is 11.5 Å². The highest BCUT2D eigenvalue weighted by Gasteiger charge is 2.52. The van der Waals surface area contributed by atoms with E-state index in [1.54, 1.807) is 6.08 Å². The highest BCUT2D eigenvalue weighted by atomic mass is 16.3. The molecule has 2 aliphatic carbocycles. The Morgan fingerprint density at radius 2 is 2.12 bits per heavy atom. The van der Waals surface area contributed by atoms with Gasteiger partial charge in [-0.2, -0.15) is 5.26 Å². The number of ketones is 1.